The Morgan fingerprint density at radius 3 is 2.58 bits per heavy atom. The first kappa shape index (κ1) is 16.9. The van der Waals surface area contributed by atoms with Crippen LogP contribution in [0.2, 0.25) is 0 Å². The summed E-state index contributed by atoms with van der Waals surface area (Å²) in [4.78, 5) is 21.1. The van der Waals surface area contributed by atoms with Crippen LogP contribution >= 0.6 is 27.7 Å². The number of para-hydroxylation sites is 1. The van der Waals surface area contributed by atoms with Crippen molar-refractivity contribution < 1.29 is 4.79 Å². The molecule has 0 N–H and O–H groups in total. The Balaban J connectivity index is 1.58. The zero-order valence-corrected chi connectivity index (χ0v) is 15.9. The van der Waals surface area contributed by atoms with Crippen molar-refractivity contribution in [3.05, 3.63) is 77.2 Å². The molecule has 5 nitrogen and oxygen atoms in total. The number of nitrogens with zero attached hydrogens (tertiary/aromatic N) is 4. The molecular weight excluding hydrogens is 412 g/mol. The summed E-state index contributed by atoms with van der Waals surface area (Å²) in [7, 11) is 0. The van der Waals surface area contributed by atoms with Crippen LogP contribution in [0.3, 0.4) is 0 Å². The van der Waals surface area contributed by atoms with Gasteiger partial charge >= 0.3 is 0 Å². The van der Waals surface area contributed by atoms with Crippen LogP contribution in [0.4, 0.5) is 0 Å². The largest absolute Gasteiger partial charge is 0.293 e. The quantitative estimate of drug-likeness (QED) is 0.267. The number of Topliss-reactive ketones (excluding diaryl/α,β-unsaturated/α-hetero) is 1. The Hall–Kier alpha value is -2.51. The summed E-state index contributed by atoms with van der Waals surface area (Å²) in [5, 5.41) is 6.02. The van der Waals surface area contributed by atoms with E-state index in [-0.39, 0.29) is 5.78 Å². The maximum Gasteiger partial charge on any atom is 0.173 e. The van der Waals surface area contributed by atoms with E-state index < -0.39 is 0 Å². The lowest BCUT2D eigenvalue weighted by molar-refractivity contribution is 0.102. The van der Waals surface area contributed by atoms with E-state index in [1.807, 2.05) is 54.6 Å². The molecule has 2 aromatic heterocycles. The molecule has 0 aliphatic heterocycles. The van der Waals surface area contributed by atoms with Gasteiger partial charge in [0.1, 0.15) is 11.4 Å². The molecule has 0 fully saturated rings. The first-order valence-corrected chi connectivity index (χ1v) is 9.66. The van der Waals surface area contributed by atoms with Gasteiger partial charge in [-0.25, -0.2) is 14.6 Å². The molecule has 0 spiro atoms. The van der Waals surface area contributed by atoms with Gasteiger partial charge in [-0.05, 0) is 24.3 Å². The van der Waals surface area contributed by atoms with Gasteiger partial charge < -0.3 is 0 Å². The van der Waals surface area contributed by atoms with Crippen LogP contribution in [-0.2, 0) is 0 Å². The molecule has 4 aromatic rings. The summed E-state index contributed by atoms with van der Waals surface area (Å²) in [5.41, 5.74) is 2.35. The minimum atomic E-state index is 0.0599. The molecule has 0 bridgehead atoms. The van der Waals surface area contributed by atoms with Crippen molar-refractivity contribution >= 4 is 44.5 Å². The van der Waals surface area contributed by atoms with E-state index in [2.05, 4.69) is 31.0 Å². The lowest BCUT2D eigenvalue weighted by Gasteiger charge is -2.04. The molecule has 0 aliphatic carbocycles. The molecular formula is C19H13BrN4OS. The predicted octanol–water partition coefficient (Wildman–Crippen LogP) is 4.55. The number of hydrogen-bond donors (Lipinski definition) is 0. The van der Waals surface area contributed by atoms with Crippen molar-refractivity contribution in [3.8, 4) is 5.69 Å². The van der Waals surface area contributed by atoms with Gasteiger partial charge in [0, 0.05) is 10.0 Å². The number of carbonyl (C=O) groups is 1. The molecule has 2 heterocycles. The van der Waals surface area contributed by atoms with Gasteiger partial charge in [-0.1, -0.05) is 58.0 Å². The van der Waals surface area contributed by atoms with E-state index in [0.29, 0.717) is 11.3 Å². The van der Waals surface area contributed by atoms with Crippen LogP contribution in [-0.4, -0.2) is 31.3 Å². The number of fused-ring (bicyclic) bond motifs is 1. The topological polar surface area (TPSA) is 60.7 Å². The predicted molar refractivity (Wildman–Crippen MR) is 106 cm³/mol. The number of aromatic nitrogens is 4. The molecule has 0 unspecified atom stereocenters. The fourth-order valence-corrected chi connectivity index (χ4v) is 3.67. The summed E-state index contributed by atoms with van der Waals surface area (Å²) >= 11 is 4.78. The first-order valence-electron chi connectivity index (χ1n) is 7.88. The van der Waals surface area contributed by atoms with Crippen molar-refractivity contribution in [1.82, 2.24) is 19.7 Å². The third kappa shape index (κ3) is 3.40. The Labute approximate surface area is 162 Å². The van der Waals surface area contributed by atoms with Crippen LogP contribution in [0.15, 0.2) is 76.6 Å². The van der Waals surface area contributed by atoms with Crippen LogP contribution in [0, 0.1) is 0 Å². The maximum absolute atomic E-state index is 12.4. The number of ketones is 1. The molecule has 0 saturated heterocycles. The number of carbonyl (C=O) groups excluding carboxylic acids is 1. The maximum atomic E-state index is 12.4. The molecule has 0 radical (unpaired) electrons. The van der Waals surface area contributed by atoms with Crippen molar-refractivity contribution in [1.29, 1.82) is 0 Å². The molecule has 4 rings (SSSR count). The standard InChI is InChI=1S/C19H13BrN4OS/c20-14-8-6-13(7-9-14)17(25)11-26-19-16-10-23-24(18(16)21-12-22-19)15-4-2-1-3-5-15/h1-10,12H,11H2. The fourth-order valence-electron chi connectivity index (χ4n) is 2.55. The van der Waals surface area contributed by atoms with Gasteiger partial charge in [0.15, 0.2) is 11.4 Å². The molecule has 0 saturated carbocycles. The lowest BCUT2D eigenvalue weighted by atomic mass is 10.2. The average Bonchev–Trinajstić information content (AvgIpc) is 3.12. The smallest absolute Gasteiger partial charge is 0.173 e. The molecule has 2 aromatic carbocycles. The van der Waals surface area contributed by atoms with E-state index in [0.717, 1.165) is 26.2 Å². The van der Waals surface area contributed by atoms with Crippen molar-refractivity contribution in [2.24, 2.45) is 0 Å². The Bertz CT molecular complexity index is 1060. The number of rotatable bonds is 5. The molecule has 0 aliphatic rings. The van der Waals surface area contributed by atoms with Gasteiger partial charge in [0.05, 0.1) is 23.0 Å². The minimum Gasteiger partial charge on any atom is -0.293 e. The van der Waals surface area contributed by atoms with Gasteiger partial charge in [-0.15, -0.1) is 0 Å². The van der Waals surface area contributed by atoms with Crippen LogP contribution in [0.5, 0.6) is 0 Å². The van der Waals surface area contributed by atoms with E-state index in [1.165, 1.54) is 18.1 Å². The average molecular weight is 425 g/mol. The second-order valence-electron chi connectivity index (χ2n) is 5.53. The van der Waals surface area contributed by atoms with Gasteiger partial charge in [0.2, 0.25) is 0 Å². The Morgan fingerprint density at radius 1 is 1.04 bits per heavy atom. The summed E-state index contributed by atoms with van der Waals surface area (Å²) in [6.07, 6.45) is 3.25. The first-order chi connectivity index (χ1) is 12.7. The third-order valence-corrected chi connectivity index (χ3v) is 5.37. The Kier molecular flexibility index (Phi) is 4.81. The van der Waals surface area contributed by atoms with E-state index in [1.54, 1.807) is 10.9 Å². The second-order valence-corrected chi connectivity index (χ2v) is 7.41. The normalized spacial score (nSPS) is 11.0. The van der Waals surface area contributed by atoms with Crippen molar-refractivity contribution in [2.45, 2.75) is 5.03 Å². The van der Waals surface area contributed by atoms with Gasteiger partial charge in [0.25, 0.3) is 0 Å². The van der Waals surface area contributed by atoms with Crippen LogP contribution in [0.25, 0.3) is 16.7 Å². The number of thioether (sulfide) groups is 1. The molecule has 0 atom stereocenters. The van der Waals surface area contributed by atoms with Crippen molar-refractivity contribution in [3.63, 3.8) is 0 Å². The second kappa shape index (κ2) is 7.39. The van der Waals surface area contributed by atoms with Crippen molar-refractivity contribution in [2.75, 3.05) is 5.75 Å². The summed E-state index contributed by atoms with van der Waals surface area (Å²) in [6.45, 7) is 0. The highest BCUT2D eigenvalue weighted by Gasteiger charge is 2.13. The highest BCUT2D eigenvalue weighted by Crippen LogP contribution is 2.26. The van der Waals surface area contributed by atoms with Crippen LogP contribution in [0.1, 0.15) is 10.4 Å². The van der Waals surface area contributed by atoms with Gasteiger partial charge in [-0.2, -0.15) is 5.10 Å². The number of hydrogen-bond acceptors (Lipinski definition) is 5. The molecule has 0 amide bonds. The van der Waals surface area contributed by atoms with E-state index in [9.17, 15) is 4.79 Å². The number of benzene rings is 2. The monoisotopic (exact) mass is 424 g/mol. The molecule has 7 heteroatoms. The highest BCUT2D eigenvalue weighted by atomic mass is 79.9. The zero-order chi connectivity index (χ0) is 17.9. The van der Waals surface area contributed by atoms with Gasteiger partial charge in [-0.3, -0.25) is 4.79 Å². The fraction of sp³-hybridized carbons (Fsp3) is 0.0526. The van der Waals surface area contributed by atoms with Crippen LogP contribution < -0.4 is 0 Å². The summed E-state index contributed by atoms with van der Waals surface area (Å²) in [6, 6.07) is 17.2. The molecule has 26 heavy (non-hydrogen) atoms. The Morgan fingerprint density at radius 2 is 1.81 bits per heavy atom. The summed E-state index contributed by atoms with van der Waals surface area (Å²) < 4.78 is 2.73. The third-order valence-electron chi connectivity index (χ3n) is 3.84. The number of halogens is 1. The summed E-state index contributed by atoms with van der Waals surface area (Å²) in [5.74, 6) is 0.370. The lowest BCUT2D eigenvalue weighted by Crippen LogP contribution is -2.02. The highest BCUT2D eigenvalue weighted by molar-refractivity contribution is 9.10. The van der Waals surface area contributed by atoms with E-state index in [4.69, 9.17) is 0 Å². The zero-order valence-electron chi connectivity index (χ0n) is 13.5. The SMILES string of the molecule is O=C(CSc1ncnc2c1cnn2-c1ccccc1)c1ccc(Br)cc1. The van der Waals surface area contributed by atoms with E-state index >= 15 is 0 Å². The minimum absolute atomic E-state index is 0.0599. The molecule has 128 valence electrons.